The largest absolute Gasteiger partial charge is 0.379 e. The zero-order valence-corrected chi connectivity index (χ0v) is 15.0. The molecule has 6 nitrogen and oxygen atoms in total. The van der Waals surface area contributed by atoms with E-state index in [0.717, 1.165) is 90.4 Å². The molecule has 0 unspecified atom stereocenters. The van der Waals surface area contributed by atoms with E-state index in [-0.39, 0.29) is 5.56 Å². The number of hydrogen-bond donors (Lipinski definition) is 0. The molecule has 2 saturated heterocycles. The Bertz CT molecular complexity index is 629. The number of aryl methyl sites for hydroxylation is 2. The molecule has 0 atom stereocenters. The van der Waals surface area contributed by atoms with Crippen LogP contribution in [0.5, 0.6) is 0 Å². The van der Waals surface area contributed by atoms with Gasteiger partial charge in [-0.2, -0.15) is 5.10 Å². The molecule has 3 heterocycles. The predicted molar refractivity (Wildman–Crippen MR) is 94.8 cm³/mol. The van der Waals surface area contributed by atoms with E-state index >= 15 is 0 Å². The van der Waals surface area contributed by atoms with Gasteiger partial charge in [-0.15, -0.1) is 0 Å². The number of rotatable bonds is 4. The summed E-state index contributed by atoms with van der Waals surface area (Å²) >= 11 is 0. The van der Waals surface area contributed by atoms with Gasteiger partial charge in [-0.3, -0.25) is 4.79 Å². The smallest absolute Gasteiger partial charge is 0.267 e. The van der Waals surface area contributed by atoms with Crippen molar-refractivity contribution in [2.75, 3.05) is 46.1 Å². The molecule has 0 bridgehead atoms. The number of likely N-dealkylation sites (tertiary alicyclic amines) is 1. The van der Waals surface area contributed by atoms with Gasteiger partial charge in [0.2, 0.25) is 0 Å². The first-order chi connectivity index (χ1) is 12.3. The molecule has 0 saturated carbocycles. The molecule has 3 aliphatic rings. The quantitative estimate of drug-likeness (QED) is 0.817. The van der Waals surface area contributed by atoms with E-state index in [4.69, 9.17) is 9.47 Å². The summed E-state index contributed by atoms with van der Waals surface area (Å²) in [7, 11) is 0. The van der Waals surface area contributed by atoms with Crippen molar-refractivity contribution >= 4 is 0 Å². The fourth-order valence-electron chi connectivity index (χ4n) is 4.30. The van der Waals surface area contributed by atoms with E-state index in [2.05, 4.69) is 10.00 Å². The molecule has 1 aliphatic carbocycles. The van der Waals surface area contributed by atoms with Crippen LogP contribution in [0.4, 0.5) is 0 Å². The highest BCUT2D eigenvalue weighted by atomic mass is 16.5. The van der Waals surface area contributed by atoms with Gasteiger partial charge in [0.25, 0.3) is 5.56 Å². The second kappa shape index (κ2) is 7.98. The van der Waals surface area contributed by atoms with Crippen molar-refractivity contribution in [3.8, 4) is 0 Å². The molecule has 1 aromatic heterocycles. The van der Waals surface area contributed by atoms with E-state index in [1.54, 1.807) is 4.68 Å². The van der Waals surface area contributed by atoms with E-state index in [9.17, 15) is 4.79 Å². The third kappa shape index (κ3) is 4.30. The SMILES string of the molecule is O=c1cc2c(nn1CC1CCN(CC3COCCOC3)CC1)CCC2. The van der Waals surface area contributed by atoms with E-state index in [0.29, 0.717) is 11.8 Å². The van der Waals surface area contributed by atoms with Gasteiger partial charge < -0.3 is 14.4 Å². The molecule has 4 rings (SSSR count). The highest BCUT2D eigenvalue weighted by Crippen LogP contribution is 2.21. The molecule has 6 heteroatoms. The van der Waals surface area contributed by atoms with Crippen LogP contribution >= 0.6 is 0 Å². The molecule has 138 valence electrons. The van der Waals surface area contributed by atoms with Crippen molar-refractivity contribution in [1.82, 2.24) is 14.7 Å². The topological polar surface area (TPSA) is 56.6 Å². The molecule has 1 aromatic rings. The molecule has 25 heavy (non-hydrogen) atoms. The van der Waals surface area contributed by atoms with Crippen LogP contribution in [0, 0.1) is 11.8 Å². The first kappa shape index (κ1) is 17.2. The van der Waals surface area contributed by atoms with E-state index < -0.39 is 0 Å². The Kier molecular flexibility index (Phi) is 5.48. The molecule has 2 fully saturated rings. The first-order valence-corrected chi connectivity index (χ1v) is 9.75. The Labute approximate surface area is 149 Å². The van der Waals surface area contributed by atoms with Gasteiger partial charge in [-0.05, 0) is 56.7 Å². The van der Waals surface area contributed by atoms with Crippen LogP contribution in [0.2, 0.25) is 0 Å². The molecule has 0 radical (unpaired) electrons. The fourth-order valence-corrected chi connectivity index (χ4v) is 4.30. The van der Waals surface area contributed by atoms with Crippen LogP contribution in [-0.4, -0.2) is 60.7 Å². The maximum atomic E-state index is 12.3. The van der Waals surface area contributed by atoms with Crippen LogP contribution in [0.25, 0.3) is 0 Å². The zero-order valence-electron chi connectivity index (χ0n) is 15.0. The molecule has 0 aromatic carbocycles. The van der Waals surface area contributed by atoms with Crippen LogP contribution < -0.4 is 5.56 Å². The van der Waals surface area contributed by atoms with Crippen molar-refractivity contribution in [1.29, 1.82) is 0 Å². The van der Waals surface area contributed by atoms with E-state index in [1.807, 2.05) is 6.07 Å². The Morgan fingerprint density at radius 1 is 1.04 bits per heavy atom. The summed E-state index contributed by atoms with van der Waals surface area (Å²) in [6, 6.07) is 1.82. The second-order valence-corrected chi connectivity index (χ2v) is 7.75. The average Bonchev–Trinajstić information content (AvgIpc) is 2.90. The predicted octanol–water partition coefficient (Wildman–Crippen LogP) is 1.11. The number of hydrogen-bond acceptors (Lipinski definition) is 5. The minimum absolute atomic E-state index is 0.0795. The maximum Gasteiger partial charge on any atom is 0.267 e. The Balaban J connectivity index is 1.28. The van der Waals surface area contributed by atoms with Crippen molar-refractivity contribution in [3.05, 3.63) is 27.7 Å². The summed E-state index contributed by atoms with van der Waals surface area (Å²) in [5.74, 6) is 1.04. The number of nitrogens with zero attached hydrogens (tertiary/aromatic N) is 3. The maximum absolute atomic E-state index is 12.3. The molecule has 2 aliphatic heterocycles. The molecule has 0 amide bonds. The third-order valence-electron chi connectivity index (χ3n) is 5.76. The molecular weight excluding hydrogens is 318 g/mol. The number of piperidine rings is 1. The van der Waals surface area contributed by atoms with Crippen molar-refractivity contribution in [2.45, 2.75) is 38.6 Å². The minimum atomic E-state index is 0.0795. The van der Waals surface area contributed by atoms with Gasteiger partial charge in [0.15, 0.2) is 0 Å². The van der Waals surface area contributed by atoms with E-state index in [1.165, 1.54) is 5.56 Å². The average molecular weight is 347 g/mol. The standard InChI is InChI=1S/C19H29N3O3/c23-19-10-17-2-1-3-18(17)20-22(19)12-15-4-6-21(7-5-15)11-16-13-24-8-9-25-14-16/h10,15-16H,1-9,11-14H2. The van der Waals surface area contributed by atoms with Crippen molar-refractivity contribution in [3.63, 3.8) is 0 Å². The lowest BCUT2D eigenvalue weighted by atomic mass is 9.96. The second-order valence-electron chi connectivity index (χ2n) is 7.75. The summed E-state index contributed by atoms with van der Waals surface area (Å²) < 4.78 is 12.9. The highest BCUT2D eigenvalue weighted by Gasteiger charge is 2.24. The minimum Gasteiger partial charge on any atom is -0.379 e. The van der Waals surface area contributed by atoms with Gasteiger partial charge >= 0.3 is 0 Å². The highest BCUT2D eigenvalue weighted by molar-refractivity contribution is 5.22. The summed E-state index contributed by atoms with van der Waals surface area (Å²) in [4.78, 5) is 14.8. The van der Waals surface area contributed by atoms with Gasteiger partial charge in [-0.25, -0.2) is 4.68 Å². The molecule has 0 spiro atoms. The van der Waals surface area contributed by atoms with Crippen LogP contribution in [0.3, 0.4) is 0 Å². The first-order valence-electron chi connectivity index (χ1n) is 9.75. The lowest BCUT2D eigenvalue weighted by Gasteiger charge is -2.33. The zero-order chi connectivity index (χ0) is 17.1. The van der Waals surface area contributed by atoms with Crippen LogP contribution in [0.15, 0.2) is 10.9 Å². The third-order valence-corrected chi connectivity index (χ3v) is 5.76. The van der Waals surface area contributed by atoms with Crippen molar-refractivity contribution < 1.29 is 9.47 Å². The summed E-state index contributed by atoms with van der Waals surface area (Å²) in [5.41, 5.74) is 2.39. The summed E-state index contributed by atoms with van der Waals surface area (Å²) in [5, 5.41) is 4.63. The molecule has 0 N–H and O–H groups in total. The Hall–Kier alpha value is -1.24. The Morgan fingerprint density at radius 2 is 1.80 bits per heavy atom. The lowest BCUT2D eigenvalue weighted by molar-refractivity contribution is 0.0850. The number of fused-ring (bicyclic) bond motifs is 1. The van der Waals surface area contributed by atoms with Crippen LogP contribution in [0.1, 0.15) is 30.5 Å². The number of aromatic nitrogens is 2. The van der Waals surface area contributed by atoms with Crippen molar-refractivity contribution in [2.24, 2.45) is 11.8 Å². The molecular formula is C19H29N3O3. The van der Waals surface area contributed by atoms with Gasteiger partial charge in [0.1, 0.15) is 0 Å². The number of ether oxygens (including phenoxy) is 2. The summed E-state index contributed by atoms with van der Waals surface area (Å²) in [6.45, 7) is 7.10. The normalized spacial score (nSPS) is 23.5. The van der Waals surface area contributed by atoms with Crippen LogP contribution in [-0.2, 0) is 28.9 Å². The monoisotopic (exact) mass is 347 g/mol. The fraction of sp³-hybridized carbons (Fsp3) is 0.789. The van der Waals surface area contributed by atoms with Gasteiger partial charge in [-0.1, -0.05) is 0 Å². The lowest BCUT2D eigenvalue weighted by Crippen LogP contribution is -2.40. The van der Waals surface area contributed by atoms with Gasteiger partial charge in [0.05, 0.1) is 32.1 Å². The summed E-state index contributed by atoms with van der Waals surface area (Å²) in [6.07, 6.45) is 5.46. The van der Waals surface area contributed by atoms with Gasteiger partial charge in [0, 0.05) is 25.1 Å². The Morgan fingerprint density at radius 3 is 2.56 bits per heavy atom.